The van der Waals surface area contributed by atoms with Crippen molar-refractivity contribution in [1.29, 1.82) is 0 Å². The van der Waals surface area contributed by atoms with Crippen LogP contribution in [0.4, 0.5) is 18.9 Å². The van der Waals surface area contributed by atoms with Gasteiger partial charge >= 0.3 is 12.1 Å². The average molecular weight is 490 g/mol. The Morgan fingerprint density at radius 2 is 1.88 bits per heavy atom. The van der Waals surface area contributed by atoms with Crippen molar-refractivity contribution in [2.45, 2.75) is 18.0 Å². The maximum atomic E-state index is 13.0. The summed E-state index contributed by atoms with van der Waals surface area (Å²) in [4.78, 5) is 15.8. The summed E-state index contributed by atoms with van der Waals surface area (Å²) in [6.45, 7) is 1.86. The molecule has 0 aliphatic rings. The summed E-state index contributed by atoms with van der Waals surface area (Å²) in [6.07, 6.45) is -1.89. The molecule has 0 radical (unpaired) electrons. The number of rotatable bonds is 6. The number of aromatic nitrogens is 3. The third-order valence-corrected chi connectivity index (χ3v) is 6.16. The lowest BCUT2D eigenvalue weighted by molar-refractivity contribution is -0.137. The van der Waals surface area contributed by atoms with Crippen molar-refractivity contribution in [3.8, 4) is 11.3 Å². The van der Waals surface area contributed by atoms with Crippen LogP contribution >= 0.6 is 0 Å². The number of hydrogen-bond donors (Lipinski definition) is 1. The van der Waals surface area contributed by atoms with E-state index in [1.807, 2.05) is 0 Å². The van der Waals surface area contributed by atoms with Gasteiger partial charge in [0.1, 0.15) is 5.56 Å². The maximum absolute atomic E-state index is 13.0. The molecule has 0 saturated heterocycles. The van der Waals surface area contributed by atoms with Gasteiger partial charge in [-0.2, -0.15) is 18.3 Å². The molecule has 176 valence electrons. The van der Waals surface area contributed by atoms with Gasteiger partial charge in [0.2, 0.25) is 0 Å². The number of carbonyl (C=O) groups is 1. The molecule has 0 atom stereocenters. The molecule has 0 spiro atoms. The Labute approximate surface area is 192 Å². The lowest BCUT2D eigenvalue weighted by atomic mass is 10.1. The van der Waals surface area contributed by atoms with Gasteiger partial charge < -0.3 is 4.74 Å². The monoisotopic (exact) mass is 490 g/mol. The molecule has 0 aliphatic carbocycles. The number of nitrogens with zero attached hydrogens (tertiary/aromatic N) is 3. The van der Waals surface area contributed by atoms with E-state index in [1.54, 1.807) is 25.1 Å². The number of carbonyl (C=O) groups excluding carboxylic acids is 1. The first kappa shape index (κ1) is 23.2. The highest BCUT2D eigenvalue weighted by molar-refractivity contribution is 7.92. The summed E-state index contributed by atoms with van der Waals surface area (Å²) in [7, 11) is -4.30. The second-order valence-corrected chi connectivity index (χ2v) is 8.74. The normalized spacial score (nSPS) is 12.0. The standard InChI is InChI=1S/C22H17F3N4O4S/c1-2-33-21(30)18-13-27-29-19(9-10-26-20(18)29)14-5-3-7-16(11-14)28-34(31,32)17-8-4-6-15(12-17)22(23,24)25/h3-13,28H,2H2,1H3. The van der Waals surface area contributed by atoms with Crippen LogP contribution in [0.3, 0.4) is 0 Å². The number of ether oxygens (including phenoxy) is 1. The molecule has 0 amide bonds. The zero-order chi connectivity index (χ0) is 24.5. The highest BCUT2D eigenvalue weighted by Crippen LogP contribution is 2.31. The predicted octanol–water partition coefficient (Wildman–Crippen LogP) is 4.39. The van der Waals surface area contributed by atoms with E-state index in [0.29, 0.717) is 17.3 Å². The lowest BCUT2D eigenvalue weighted by Crippen LogP contribution is -2.14. The molecule has 34 heavy (non-hydrogen) atoms. The second kappa shape index (κ2) is 8.78. The smallest absolute Gasteiger partial charge is 0.416 e. The highest BCUT2D eigenvalue weighted by Gasteiger charge is 2.31. The molecule has 0 saturated carbocycles. The molecule has 0 unspecified atom stereocenters. The highest BCUT2D eigenvalue weighted by atomic mass is 32.2. The SMILES string of the molecule is CCOC(=O)c1cnn2c(-c3cccc(NS(=O)(=O)c4cccc(C(F)(F)F)c4)c3)ccnc12. The van der Waals surface area contributed by atoms with Crippen LogP contribution in [0.1, 0.15) is 22.8 Å². The molecule has 0 fully saturated rings. The lowest BCUT2D eigenvalue weighted by Gasteiger charge is -2.12. The van der Waals surface area contributed by atoms with Gasteiger partial charge in [0.15, 0.2) is 5.65 Å². The van der Waals surface area contributed by atoms with E-state index < -0.39 is 32.6 Å². The van der Waals surface area contributed by atoms with Gasteiger partial charge in [-0.25, -0.2) is 22.7 Å². The summed E-state index contributed by atoms with van der Waals surface area (Å²) in [5.74, 6) is -0.579. The van der Waals surface area contributed by atoms with Gasteiger partial charge in [0, 0.05) is 17.4 Å². The molecule has 2 aromatic heterocycles. The molecule has 12 heteroatoms. The van der Waals surface area contributed by atoms with Gasteiger partial charge in [0.05, 0.1) is 29.0 Å². The third kappa shape index (κ3) is 4.57. The molecule has 4 aromatic rings. The van der Waals surface area contributed by atoms with Gasteiger partial charge in [-0.1, -0.05) is 18.2 Å². The second-order valence-electron chi connectivity index (χ2n) is 7.06. The van der Waals surface area contributed by atoms with Crippen LogP contribution in [0.2, 0.25) is 0 Å². The number of hydrogen-bond acceptors (Lipinski definition) is 6. The quantitative estimate of drug-likeness (QED) is 0.402. The molecule has 0 bridgehead atoms. The first-order valence-electron chi connectivity index (χ1n) is 9.90. The van der Waals surface area contributed by atoms with Gasteiger partial charge in [0.25, 0.3) is 10.0 Å². The van der Waals surface area contributed by atoms with Crippen molar-refractivity contribution in [1.82, 2.24) is 14.6 Å². The average Bonchev–Trinajstić information content (AvgIpc) is 3.23. The largest absolute Gasteiger partial charge is 0.462 e. The molecular weight excluding hydrogens is 473 g/mol. The Kier molecular flexibility index (Phi) is 6.00. The van der Waals surface area contributed by atoms with Crippen molar-refractivity contribution in [3.05, 3.63) is 78.1 Å². The van der Waals surface area contributed by atoms with Crippen molar-refractivity contribution < 1.29 is 31.1 Å². The number of sulfonamides is 1. The zero-order valence-corrected chi connectivity index (χ0v) is 18.4. The Balaban J connectivity index is 1.68. The fourth-order valence-electron chi connectivity index (χ4n) is 3.26. The summed E-state index contributed by atoms with van der Waals surface area (Å²) in [6, 6.07) is 11.3. The molecule has 2 aromatic carbocycles. The molecule has 2 heterocycles. The molecular formula is C22H17F3N4O4S. The maximum Gasteiger partial charge on any atom is 0.416 e. The molecule has 8 nitrogen and oxygen atoms in total. The van der Waals surface area contributed by atoms with Crippen LogP contribution < -0.4 is 4.72 Å². The molecule has 0 aliphatic heterocycles. The number of alkyl halides is 3. The van der Waals surface area contributed by atoms with Gasteiger partial charge in [-0.15, -0.1) is 0 Å². The Morgan fingerprint density at radius 3 is 2.62 bits per heavy atom. The van der Waals surface area contributed by atoms with E-state index in [2.05, 4.69) is 14.8 Å². The first-order valence-corrected chi connectivity index (χ1v) is 11.4. The van der Waals surface area contributed by atoms with Gasteiger partial charge in [-0.05, 0) is 43.3 Å². The summed E-state index contributed by atoms with van der Waals surface area (Å²) < 4.78 is 73.1. The zero-order valence-electron chi connectivity index (χ0n) is 17.6. The fourth-order valence-corrected chi connectivity index (χ4v) is 4.35. The number of esters is 1. The number of anilines is 1. The number of nitrogens with one attached hydrogen (secondary N) is 1. The van der Waals surface area contributed by atoms with E-state index in [-0.39, 0.29) is 23.5 Å². The van der Waals surface area contributed by atoms with Crippen LogP contribution in [0.15, 0.2) is 71.9 Å². The number of benzene rings is 2. The Bertz CT molecular complexity index is 1480. The first-order chi connectivity index (χ1) is 16.1. The van der Waals surface area contributed by atoms with E-state index in [4.69, 9.17) is 4.74 Å². The van der Waals surface area contributed by atoms with Crippen molar-refractivity contribution >= 4 is 27.3 Å². The number of fused-ring (bicyclic) bond motifs is 1. The minimum atomic E-state index is -4.68. The third-order valence-electron chi connectivity index (χ3n) is 4.78. The van der Waals surface area contributed by atoms with Crippen molar-refractivity contribution in [2.75, 3.05) is 11.3 Å². The van der Waals surface area contributed by atoms with Gasteiger partial charge in [-0.3, -0.25) is 4.72 Å². The fraction of sp³-hybridized carbons (Fsp3) is 0.136. The minimum Gasteiger partial charge on any atom is -0.462 e. The predicted molar refractivity (Wildman–Crippen MR) is 117 cm³/mol. The van der Waals surface area contributed by atoms with Crippen LogP contribution in [-0.2, 0) is 20.9 Å². The summed E-state index contributed by atoms with van der Waals surface area (Å²) in [5, 5.41) is 4.19. The number of halogens is 3. The van der Waals surface area contributed by atoms with Crippen LogP contribution in [0, 0.1) is 0 Å². The Morgan fingerprint density at radius 1 is 1.12 bits per heavy atom. The van der Waals surface area contributed by atoms with Crippen molar-refractivity contribution in [2.24, 2.45) is 0 Å². The van der Waals surface area contributed by atoms with Crippen LogP contribution in [0.5, 0.6) is 0 Å². The van der Waals surface area contributed by atoms with Crippen LogP contribution in [0.25, 0.3) is 16.9 Å². The minimum absolute atomic E-state index is 0.123. The van der Waals surface area contributed by atoms with E-state index in [0.717, 1.165) is 18.2 Å². The van der Waals surface area contributed by atoms with E-state index in [9.17, 15) is 26.4 Å². The summed E-state index contributed by atoms with van der Waals surface area (Å²) >= 11 is 0. The molecule has 1 N–H and O–H groups in total. The molecule has 4 rings (SSSR count). The summed E-state index contributed by atoms with van der Waals surface area (Å²) in [5.41, 5.74) is 0.504. The van der Waals surface area contributed by atoms with Crippen LogP contribution in [-0.4, -0.2) is 35.6 Å². The van der Waals surface area contributed by atoms with E-state index in [1.165, 1.54) is 29.0 Å². The topological polar surface area (TPSA) is 103 Å². The van der Waals surface area contributed by atoms with E-state index >= 15 is 0 Å². The Hall–Kier alpha value is -3.93. The van der Waals surface area contributed by atoms with Crippen molar-refractivity contribution in [3.63, 3.8) is 0 Å².